The summed E-state index contributed by atoms with van der Waals surface area (Å²) in [5, 5.41) is 3.64. The number of likely N-dealkylation sites (tertiary alicyclic amines) is 1. The lowest BCUT2D eigenvalue weighted by Gasteiger charge is -2.34. The SMILES string of the molecule is Cc1cc(Cl)cc(Oc2ccccc2NC(=O)C2CCN(C(=O)C3CCCCC3)CC2)c1. The third-order valence-corrected chi connectivity index (χ3v) is 6.74. The van der Waals surface area contributed by atoms with Gasteiger partial charge in [0.1, 0.15) is 5.75 Å². The molecule has 1 aliphatic carbocycles. The third-order valence-electron chi connectivity index (χ3n) is 6.52. The molecule has 1 saturated carbocycles. The number of para-hydroxylation sites is 2. The van der Waals surface area contributed by atoms with Crippen molar-refractivity contribution in [1.29, 1.82) is 0 Å². The van der Waals surface area contributed by atoms with Crippen molar-refractivity contribution in [2.45, 2.75) is 51.9 Å². The molecule has 2 aliphatic rings. The van der Waals surface area contributed by atoms with Crippen LogP contribution in [0.1, 0.15) is 50.5 Å². The Morgan fingerprint density at radius 1 is 0.969 bits per heavy atom. The molecule has 0 spiro atoms. The first-order chi connectivity index (χ1) is 15.5. The summed E-state index contributed by atoms with van der Waals surface area (Å²) in [6.07, 6.45) is 6.98. The summed E-state index contributed by atoms with van der Waals surface area (Å²) in [6.45, 7) is 3.28. The Balaban J connectivity index is 1.35. The van der Waals surface area contributed by atoms with E-state index in [1.807, 2.05) is 48.2 Å². The third kappa shape index (κ3) is 5.63. The Kier molecular flexibility index (Phi) is 7.36. The molecule has 32 heavy (non-hydrogen) atoms. The Hall–Kier alpha value is -2.53. The molecular formula is C26H31ClN2O3. The summed E-state index contributed by atoms with van der Waals surface area (Å²) in [7, 11) is 0. The maximum absolute atomic E-state index is 13.0. The lowest BCUT2D eigenvalue weighted by Crippen LogP contribution is -2.44. The number of halogens is 1. The number of hydrogen-bond donors (Lipinski definition) is 1. The first-order valence-electron chi connectivity index (χ1n) is 11.6. The van der Waals surface area contributed by atoms with Crippen molar-refractivity contribution in [1.82, 2.24) is 4.90 Å². The first-order valence-corrected chi connectivity index (χ1v) is 12.0. The number of ether oxygens (including phenoxy) is 1. The molecule has 0 bridgehead atoms. The van der Waals surface area contributed by atoms with Gasteiger partial charge in [0.15, 0.2) is 5.75 Å². The van der Waals surface area contributed by atoms with Gasteiger partial charge >= 0.3 is 0 Å². The summed E-state index contributed by atoms with van der Waals surface area (Å²) in [6, 6.07) is 12.9. The number of carbonyl (C=O) groups excluding carboxylic acids is 2. The van der Waals surface area contributed by atoms with E-state index in [1.165, 1.54) is 6.42 Å². The summed E-state index contributed by atoms with van der Waals surface area (Å²) in [5.74, 6) is 1.56. The monoisotopic (exact) mass is 454 g/mol. The molecule has 6 heteroatoms. The molecule has 0 unspecified atom stereocenters. The Bertz CT molecular complexity index is 943. The fourth-order valence-electron chi connectivity index (χ4n) is 4.75. The van der Waals surface area contributed by atoms with Gasteiger partial charge in [0, 0.05) is 29.9 Å². The molecule has 2 amide bonds. The van der Waals surface area contributed by atoms with Crippen molar-refractivity contribution in [2.75, 3.05) is 18.4 Å². The summed E-state index contributed by atoms with van der Waals surface area (Å²) in [4.78, 5) is 27.7. The van der Waals surface area contributed by atoms with Crippen molar-refractivity contribution in [2.24, 2.45) is 11.8 Å². The van der Waals surface area contributed by atoms with Crippen LogP contribution in [0.15, 0.2) is 42.5 Å². The van der Waals surface area contributed by atoms with E-state index in [4.69, 9.17) is 16.3 Å². The van der Waals surface area contributed by atoms with Crippen LogP contribution in [0, 0.1) is 18.8 Å². The molecule has 5 nitrogen and oxygen atoms in total. The zero-order chi connectivity index (χ0) is 22.5. The Morgan fingerprint density at radius 3 is 2.41 bits per heavy atom. The molecule has 1 heterocycles. The lowest BCUT2D eigenvalue weighted by atomic mass is 9.87. The van der Waals surface area contributed by atoms with Gasteiger partial charge in [-0.15, -0.1) is 0 Å². The largest absolute Gasteiger partial charge is 0.455 e. The molecular weight excluding hydrogens is 424 g/mol. The van der Waals surface area contributed by atoms with E-state index in [0.717, 1.165) is 31.2 Å². The first kappa shape index (κ1) is 22.7. The highest BCUT2D eigenvalue weighted by atomic mass is 35.5. The zero-order valence-electron chi connectivity index (χ0n) is 18.6. The quantitative estimate of drug-likeness (QED) is 0.585. The predicted octanol–water partition coefficient (Wildman–Crippen LogP) is 6.20. The van der Waals surface area contributed by atoms with Gasteiger partial charge in [-0.05, 0) is 68.5 Å². The smallest absolute Gasteiger partial charge is 0.227 e. The normalized spacial score (nSPS) is 17.8. The van der Waals surface area contributed by atoms with E-state index in [1.54, 1.807) is 6.07 Å². The number of anilines is 1. The molecule has 170 valence electrons. The highest BCUT2D eigenvalue weighted by Crippen LogP contribution is 2.33. The molecule has 0 radical (unpaired) electrons. The van der Waals surface area contributed by atoms with Gasteiger partial charge in [0.2, 0.25) is 11.8 Å². The Morgan fingerprint density at radius 2 is 1.69 bits per heavy atom. The molecule has 1 N–H and O–H groups in total. The van der Waals surface area contributed by atoms with Crippen LogP contribution in [0.2, 0.25) is 5.02 Å². The fraction of sp³-hybridized carbons (Fsp3) is 0.462. The van der Waals surface area contributed by atoms with Crippen LogP contribution < -0.4 is 10.1 Å². The van der Waals surface area contributed by atoms with Crippen LogP contribution in [-0.4, -0.2) is 29.8 Å². The minimum absolute atomic E-state index is 0.0203. The second kappa shape index (κ2) is 10.4. The number of carbonyl (C=O) groups is 2. The topological polar surface area (TPSA) is 58.6 Å². The van der Waals surface area contributed by atoms with Crippen LogP contribution in [0.5, 0.6) is 11.5 Å². The van der Waals surface area contributed by atoms with Crippen molar-refractivity contribution >= 4 is 29.1 Å². The van der Waals surface area contributed by atoms with Gasteiger partial charge in [-0.2, -0.15) is 0 Å². The maximum atomic E-state index is 13.0. The van der Waals surface area contributed by atoms with Crippen LogP contribution >= 0.6 is 11.6 Å². The van der Waals surface area contributed by atoms with Gasteiger partial charge < -0.3 is 15.0 Å². The predicted molar refractivity (Wildman–Crippen MR) is 127 cm³/mol. The van der Waals surface area contributed by atoms with Gasteiger partial charge in [-0.25, -0.2) is 0 Å². The number of rotatable bonds is 5. The second-order valence-electron chi connectivity index (χ2n) is 8.99. The molecule has 0 aromatic heterocycles. The van der Waals surface area contributed by atoms with E-state index >= 15 is 0 Å². The van der Waals surface area contributed by atoms with E-state index in [2.05, 4.69) is 5.32 Å². The summed E-state index contributed by atoms with van der Waals surface area (Å²) >= 11 is 6.15. The second-order valence-corrected chi connectivity index (χ2v) is 9.42. The number of amides is 2. The average molecular weight is 455 g/mol. The van der Waals surface area contributed by atoms with Gasteiger partial charge in [0.25, 0.3) is 0 Å². The van der Waals surface area contributed by atoms with Crippen molar-refractivity contribution in [3.8, 4) is 11.5 Å². The van der Waals surface area contributed by atoms with Crippen molar-refractivity contribution < 1.29 is 14.3 Å². The number of benzene rings is 2. The standard InChI is InChI=1S/C26H31ClN2O3/c1-18-15-21(27)17-22(16-18)32-24-10-6-5-9-23(24)28-25(30)19-11-13-29(14-12-19)26(31)20-7-3-2-4-8-20/h5-6,9-10,15-17,19-20H,2-4,7-8,11-14H2,1H3,(H,28,30). The van der Waals surface area contributed by atoms with E-state index in [9.17, 15) is 9.59 Å². The van der Waals surface area contributed by atoms with E-state index in [-0.39, 0.29) is 17.7 Å². The van der Waals surface area contributed by atoms with Crippen LogP contribution in [-0.2, 0) is 9.59 Å². The highest BCUT2D eigenvalue weighted by molar-refractivity contribution is 6.30. The fourth-order valence-corrected chi connectivity index (χ4v) is 5.03. The molecule has 1 saturated heterocycles. The van der Waals surface area contributed by atoms with Crippen LogP contribution in [0.25, 0.3) is 0 Å². The average Bonchev–Trinajstić information content (AvgIpc) is 2.80. The summed E-state index contributed by atoms with van der Waals surface area (Å²) in [5.41, 5.74) is 1.64. The minimum Gasteiger partial charge on any atom is -0.455 e. The molecule has 2 aromatic rings. The van der Waals surface area contributed by atoms with Gasteiger partial charge in [-0.1, -0.05) is 43.0 Å². The highest BCUT2D eigenvalue weighted by Gasteiger charge is 2.31. The molecule has 0 atom stereocenters. The van der Waals surface area contributed by atoms with Crippen molar-refractivity contribution in [3.63, 3.8) is 0 Å². The molecule has 4 rings (SSSR count). The minimum atomic E-state index is -0.105. The van der Waals surface area contributed by atoms with Crippen LogP contribution in [0.4, 0.5) is 5.69 Å². The van der Waals surface area contributed by atoms with Crippen molar-refractivity contribution in [3.05, 3.63) is 53.1 Å². The molecule has 2 aromatic carbocycles. The zero-order valence-corrected chi connectivity index (χ0v) is 19.4. The number of nitrogens with one attached hydrogen (secondary N) is 1. The molecule has 1 aliphatic heterocycles. The van der Waals surface area contributed by atoms with E-state index < -0.39 is 0 Å². The number of nitrogens with zero attached hydrogens (tertiary/aromatic N) is 1. The number of piperidine rings is 1. The molecule has 2 fully saturated rings. The van der Waals surface area contributed by atoms with E-state index in [0.29, 0.717) is 54.0 Å². The number of hydrogen-bond acceptors (Lipinski definition) is 3. The van der Waals surface area contributed by atoms with Crippen LogP contribution in [0.3, 0.4) is 0 Å². The van der Waals surface area contributed by atoms with Gasteiger partial charge in [0.05, 0.1) is 5.69 Å². The number of aryl methyl sites for hydroxylation is 1. The Labute approximate surface area is 195 Å². The lowest BCUT2D eigenvalue weighted by molar-refractivity contribution is -0.139. The maximum Gasteiger partial charge on any atom is 0.227 e. The summed E-state index contributed by atoms with van der Waals surface area (Å²) < 4.78 is 6.02. The van der Waals surface area contributed by atoms with Gasteiger partial charge in [-0.3, -0.25) is 9.59 Å².